The SMILES string of the molecule is CNC(C)c1ccc(N(CC(F)(F)F)C(C)C)cc1. The molecule has 0 heterocycles. The molecular weight excluding hydrogens is 253 g/mol. The van der Waals surface area contributed by atoms with Crippen LogP contribution < -0.4 is 10.2 Å². The summed E-state index contributed by atoms with van der Waals surface area (Å²) in [4.78, 5) is 1.35. The first kappa shape index (κ1) is 15.8. The molecule has 0 aliphatic heterocycles. The van der Waals surface area contributed by atoms with Crippen molar-refractivity contribution in [2.45, 2.75) is 39.0 Å². The molecule has 0 spiro atoms. The van der Waals surface area contributed by atoms with Gasteiger partial charge in [0, 0.05) is 17.8 Å². The molecule has 0 aliphatic rings. The maximum Gasteiger partial charge on any atom is 0.405 e. The van der Waals surface area contributed by atoms with E-state index in [0.717, 1.165) is 5.56 Å². The van der Waals surface area contributed by atoms with Gasteiger partial charge in [-0.25, -0.2) is 0 Å². The van der Waals surface area contributed by atoms with Gasteiger partial charge in [-0.15, -0.1) is 0 Å². The molecule has 0 radical (unpaired) electrons. The van der Waals surface area contributed by atoms with Crippen molar-refractivity contribution < 1.29 is 13.2 Å². The Kier molecular flexibility index (Phi) is 5.23. The fourth-order valence-corrected chi connectivity index (χ4v) is 1.89. The molecule has 0 bridgehead atoms. The van der Waals surface area contributed by atoms with Gasteiger partial charge in [0.05, 0.1) is 0 Å². The second-order valence-electron chi connectivity index (χ2n) is 4.94. The van der Waals surface area contributed by atoms with Crippen LogP contribution in [0.1, 0.15) is 32.4 Å². The van der Waals surface area contributed by atoms with Crippen molar-refractivity contribution in [2.75, 3.05) is 18.5 Å². The number of anilines is 1. The Morgan fingerprint density at radius 2 is 1.63 bits per heavy atom. The van der Waals surface area contributed by atoms with Gasteiger partial charge in [0.1, 0.15) is 6.54 Å². The standard InChI is InChI=1S/C14H21F3N2/c1-10(2)19(9-14(15,16)17)13-7-5-12(6-8-13)11(3)18-4/h5-8,10-11,18H,9H2,1-4H3. The van der Waals surface area contributed by atoms with E-state index in [9.17, 15) is 13.2 Å². The van der Waals surface area contributed by atoms with Crippen LogP contribution in [0.5, 0.6) is 0 Å². The van der Waals surface area contributed by atoms with Gasteiger partial charge in [0.2, 0.25) is 0 Å². The highest BCUT2D eigenvalue weighted by Gasteiger charge is 2.32. The summed E-state index contributed by atoms with van der Waals surface area (Å²) in [6.45, 7) is 4.60. The highest BCUT2D eigenvalue weighted by Crippen LogP contribution is 2.25. The first-order chi connectivity index (χ1) is 8.74. The zero-order valence-electron chi connectivity index (χ0n) is 11.8. The number of benzene rings is 1. The van der Waals surface area contributed by atoms with E-state index < -0.39 is 12.7 Å². The minimum absolute atomic E-state index is 0.184. The van der Waals surface area contributed by atoms with E-state index in [1.54, 1.807) is 26.0 Å². The lowest BCUT2D eigenvalue weighted by Gasteiger charge is -2.30. The monoisotopic (exact) mass is 274 g/mol. The molecule has 2 nitrogen and oxygen atoms in total. The fraction of sp³-hybridized carbons (Fsp3) is 0.571. The molecule has 0 amide bonds. The molecule has 0 saturated carbocycles. The van der Waals surface area contributed by atoms with Crippen molar-refractivity contribution in [1.82, 2.24) is 5.32 Å². The van der Waals surface area contributed by atoms with Crippen LogP contribution in [-0.2, 0) is 0 Å². The first-order valence-corrected chi connectivity index (χ1v) is 6.35. The Labute approximate surface area is 112 Å². The zero-order chi connectivity index (χ0) is 14.6. The molecule has 1 rings (SSSR count). The minimum atomic E-state index is -4.19. The smallest absolute Gasteiger partial charge is 0.360 e. The predicted molar refractivity (Wildman–Crippen MR) is 72.5 cm³/mol. The van der Waals surface area contributed by atoms with E-state index in [1.807, 2.05) is 26.1 Å². The summed E-state index contributed by atoms with van der Waals surface area (Å²) in [5.74, 6) is 0. The van der Waals surface area contributed by atoms with E-state index in [1.165, 1.54) is 4.90 Å². The highest BCUT2D eigenvalue weighted by molar-refractivity contribution is 5.49. The molecule has 0 aliphatic carbocycles. The summed E-state index contributed by atoms with van der Waals surface area (Å²) in [5, 5.41) is 3.10. The summed E-state index contributed by atoms with van der Waals surface area (Å²) in [7, 11) is 1.85. The maximum absolute atomic E-state index is 12.6. The quantitative estimate of drug-likeness (QED) is 0.879. The Bertz CT molecular complexity index is 385. The Balaban J connectivity index is 2.92. The van der Waals surface area contributed by atoms with Crippen LogP contribution in [-0.4, -0.2) is 25.8 Å². The van der Waals surface area contributed by atoms with Crippen LogP contribution in [0.3, 0.4) is 0 Å². The van der Waals surface area contributed by atoms with E-state index in [-0.39, 0.29) is 12.1 Å². The molecular formula is C14H21F3N2. The lowest BCUT2D eigenvalue weighted by atomic mass is 10.1. The van der Waals surface area contributed by atoms with Crippen molar-refractivity contribution in [1.29, 1.82) is 0 Å². The third-order valence-electron chi connectivity index (χ3n) is 3.13. The Morgan fingerprint density at radius 1 is 1.11 bits per heavy atom. The van der Waals surface area contributed by atoms with Crippen molar-refractivity contribution in [3.63, 3.8) is 0 Å². The van der Waals surface area contributed by atoms with Gasteiger partial charge in [0.15, 0.2) is 0 Å². The average molecular weight is 274 g/mol. The minimum Gasteiger partial charge on any atom is -0.360 e. The molecule has 0 saturated heterocycles. The summed E-state index contributed by atoms with van der Waals surface area (Å²) in [6.07, 6.45) is -4.19. The second-order valence-corrected chi connectivity index (χ2v) is 4.94. The number of hydrogen-bond acceptors (Lipinski definition) is 2. The Morgan fingerprint density at radius 3 is 2.00 bits per heavy atom. The molecule has 0 aromatic heterocycles. The predicted octanol–water partition coefficient (Wildman–Crippen LogP) is 3.74. The van der Waals surface area contributed by atoms with Crippen LogP contribution in [0.25, 0.3) is 0 Å². The van der Waals surface area contributed by atoms with Crippen molar-refractivity contribution >= 4 is 5.69 Å². The number of alkyl halides is 3. The van der Waals surface area contributed by atoms with Gasteiger partial charge in [0.25, 0.3) is 0 Å². The number of halogens is 3. The van der Waals surface area contributed by atoms with Crippen molar-refractivity contribution in [3.05, 3.63) is 29.8 Å². The van der Waals surface area contributed by atoms with Gasteiger partial charge in [-0.1, -0.05) is 12.1 Å². The molecule has 1 unspecified atom stereocenters. The van der Waals surface area contributed by atoms with Gasteiger partial charge in [-0.05, 0) is 45.5 Å². The molecule has 5 heteroatoms. The van der Waals surface area contributed by atoms with Gasteiger partial charge >= 0.3 is 6.18 Å². The molecule has 1 aromatic carbocycles. The lowest BCUT2D eigenvalue weighted by Crippen LogP contribution is -2.39. The summed E-state index contributed by atoms with van der Waals surface area (Å²) < 4.78 is 37.7. The Hall–Kier alpha value is -1.23. The van der Waals surface area contributed by atoms with E-state index in [4.69, 9.17) is 0 Å². The normalized spacial score (nSPS) is 13.7. The molecule has 0 fully saturated rings. The summed E-state index contributed by atoms with van der Waals surface area (Å²) >= 11 is 0. The van der Waals surface area contributed by atoms with Gasteiger partial charge in [-0.2, -0.15) is 13.2 Å². The van der Waals surface area contributed by atoms with E-state index >= 15 is 0 Å². The van der Waals surface area contributed by atoms with Crippen molar-refractivity contribution in [3.8, 4) is 0 Å². The number of nitrogens with zero attached hydrogens (tertiary/aromatic N) is 1. The first-order valence-electron chi connectivity index (χ1n) is 6.35. The van der Waals surface area contributed by atoms with Crippen LogP contribution in [0.15, 0.2) is 24.3 Å². The molecule has 108 valence electrons. The number of nitrogens with one attached hydrogen (secondary N) is 1. The molecule has 19 heavy (non-hydrogen) atoms. The van der Waals surface area contributed by atoms with Gasteiger partial charge in [-0.3, -0.25) is 0 Å². The maximum atomic E-state index is 12.6. The van der Waals surface area contributed by atoms with Crippen LogP contribution in [0.2, 0.25) is 0 Å². The third-order valence-corrected chi connectivity index (χ3v) is 3.13. The van der Waals surface area contributed by atoms with Crippen LogP contribution >= 0.6 is 0 Å². The fourth-order valence-electron chi connectivity index (χ4n) is 1.89. The zero-order valence-corrected chi connectivity index (χ0v) is 11.8. The lowest BCUT2D eigenvalue weighted by molar-refractivity contribution is -0.120. The summed E-state index contributed by atoms with van der Waals surface area (Å²) in [6, 6.07) is 7.20. The molecule has 1 aromatic rings. The van der Waals surface area contributed by atoms with Crippen LogP contribution in [0.4, 0.5) is 18.9 Å². The molecule has 1 N–H and O–H groups in total. The van der Waals surface area contributed by atoms with E-state index in [2.05, 4.69) is 5.32 Å². The van der Waals surface area contributed by atoms with Crippen molar-refractivity contribution in [2.24, 2.45) is 0 Å². The van der Waals surface area contributed by atoms with E-state index in [0.29, 0.717) is 5.69 Å². The number of hydrogen-bond donors (Lipinski definition) is 1. The second kappa shape index (κ2) is 6.28. The topological polar surface area (TPSA) is 15.3 Å². The summed E-state index contributed by atoms with van der Waals surface area (Å²) in [5.41, 5.74) is 1.65. The number of rotatable bonds is 5. The highest BCUT2D eigenvalue weighted by atomic mass is 19.4. The van der Waals surface area contributed by atoms with Gasteiger partial charge < -0.3 is 10.2 Å². The third kappa shape index (κ3) is 4.74. The van der Waals surface area contributed by atoms with Crippen LogP contribution in [0, 0.1) is 0 Å². The molecule has 1 atom stereocenters. The average Bonchev–Trinajstić information content (AvgIpc) is 2.34. The largest absolute Gasteiger partial charge is 0.405 e.